The highest BCUT2D eigenvalue weighted by Crippen LogP contribution is 2.31. The Bertz CT molecular complexity index is 724. The van der Waals surface area contributed by atoms with Gasteiger partial charge in [0.05, 0.1) is 22.5 Å². The minimum absolute atomic E-state index is 0.0210. The quantitative estimate of drug-likeness (QED) is 0.809. The zero-order chi connectivity index (χ0) is 16.3. The molecule has 2 rings (SSSR count). The summed E-state index contributed by atoms with van der Waals surface area (Å²) < 4.78 is 26.7. The lowest BCUT2D eigenvalue weighted by Gasteiger charge is -2.24. The number of hydrogen-bond acceptors (Lipinski definition) is 4. The van der Waals surface area contributed by atoms with Gasteiger partial charge in [0, 0.05) is 11.9 Å². The standard InChI is InChI=1S/C16H22N2O2S2/c1-5-15-17-12(2)16(21-15)13(3)18(4)22(19,20)11-14-9-7-6-8-10-14/h6-10,13H,5,11H2,1-4H3/t13-/m1/s1. The first-order chi connectivity index (χ1) is 10.3. The normalized spacial score (nSPS) is 13.5. The zero-order valence-electron chi connectivity index (χ0n) is 13.4. The summed E-state index contributed by atoms with van der Waals surface area (Å²) in [6.45, 7) is 5.92. The molecule has 0 unspecified atom stereocenters. The van der Waals surface area contributed by atoms with Gasteiger partial charge in [0.1, 0.15) is 0 Å². The summed E-state index contributed by atoms with van der Waals surface area (Å²) in [6, 6.07) is 9.07. The average molecular weight is 338 g/mol. The van der Waals surface area contributed by atoms with E-state index in [9.17, 15) is 8.42 Å². The smallest absolute Gasteiger partial charge is 0.218 e. The number of hydrogen-bond donors (Lipinski definition) is 0. The summed E-state index contributed by atoms with van der Waals surface area (Å²) >= 11 is 1.60. The Kier molecular flexibility index (Phi) is 5.36. The van der Waals surface area contributed by atoms with Crippen LogP contribution in [-0.2, 0) is 22.2 Å². The van der Waals surface area contributed by atoms with Crippen LogP contribution in [-0.4, -0.2) is 24.8 Å². The Balaban J connectivity index is 2.21. The van der Waals surface area contributed by atoms with Gasteiger partial charge in [-0.3, -0.25) is 0 Å². The van der Waals surface area contributed by atoms with Crippen LogP contribution in [0, 0.1) is 6.92 Å². The van der Waals surface area contributed by atoms with Gasteiger partial charge in [-0.1, -0.05) is 37.3 Å². The Morgan fingerprint density at radius 2 is 1.91 bits per heavy atom. The van der Waals surface area contributed by atoms with Crippen molar-refractivity contribution < 1.29 is 8.42 Å². The van der Waals surface area contributed by atoms with Crippen LogP contribution in [0.1, 0.15) is 41.0 Å². The molecule has 0 spiro atoms. The van der Waals surface area contributed by atoms with Crippen LogP contribution >= 0.6 is 11.3 Å². The first-order valence-corrected chi connectivity index (χ1v) is 9.73. The van der Waals surface area contributed by atoms with Gasteiger partial charge >= 0.3 is 0 Å². The van der Waals surface area contributed by atoms with Crippen molar-refractivity contribution in [3.05, 3.63) is 51.5 Å². The lowest BCUT2D eigenvalue weighted by atomic mass is 10.2. The highest BCUT2D eigenvalue weighted by molar-refractivity contribution is 7.88. The van der Waals surface area contributed by atoms with Crippen LogP contribution in [0.15, 0.2) is 30.3 Å². The van der Waals surface area contributed by atoms with Gasteiger partial charge in [-0.15, -0.1) is 11.3 Å². The van der Waals surface area contributed by atoms with Crippen LogP contribution < -0.4 is 0 Å². The fourth-order valence-corrected chi connectivity index (χ4v) is 4.87. The van der Waals surface area contributed by atoms with Gasteiger partial charge < -0.3 is 0 Å². The molecule has 0 N–H and O–H groups in total. The molecule has 0 bridgehead atoms. The van der Waals surface area contributed by atoms with Crippen molar-refractivity contribution in [1.29, 1.82) is 0 Å². The minimum atomic E-state index is -3.36. The number of benzene rings is 1. The third-order valence-corrected chi connectivity index (χ3v) is 7.10. The fourth-order valence-electron chi connectivity index (χ4n) is 2.30. The molecule has 120 valence electrons. The van der Waals surface area contributed by atoms with Gasteiger partial charge in [0.25, 0.3) is 0 Å². The minimum Gasteiger partial charge on any atom is -0.246 e. The lowest BCUT2D eigenvalue weighted by molar-refractivity contribution is 0.401. The van der Waals surface area contributed by atoms with E-state index in [0.717, 1.165) is 27.6 Å². The van der Waals surface area contributed by atoms with Crippen molar-refractivity contribution in [3.8, 4) is 0 Å². The molecule has 1 heterocycles. The van der Waals surface area contributed by atoms with E-state index in [4.69, 9.17) is 0 Å². The first kappa shape index (κ1) is 17.1. The Morgan fingerprint density at radius 1 is 1.27 bits per heavy atom. The molecule has 0 aliphatic carbocycles. The van der Waals surface area contributed by atoms with E-state index in [1.54, 1.807) is 18.4 Å². The van der Waals surface area contributed by atoms with E-state index in [2.05, 4.69) is 11.9 Å². The summed E-state index contributed by atoms with van der Waals surface area (Å²) in [5.41, 5.74) is 1.73. The number of nitrogens with zero attached hydrogens (tertiary/aromatic N) is 2. The second kappa shape index (κ2) is 6.89. The first-order valence-electron chi connectivity index (χ1n) is 7.31. The maximum Gasteiger partial charge on any atom is 0.218 e. The second-order valence-corrected chi connectivity index (χ2v) is 8.49. The van der Waals surface area contributed by atoms with Crippen molar-refractivity contribution >= 4 is 21.4 Å². The third kappa shape index (κ3) is 3.74. The molecule has 0 fully saturated rings. The molecule has 0 amide bonds. The maximum absolute atomic E-state index is 12.6. The van der Waals surface area contributed by atoms with Gasteiger partial charge in [0.2, 0.25) is 10.0 Å². The van der Waals surface area contributed by atoms with E-state index in [-0.39, 0.29) is 11.8 Å². The van der Waals surface area contributed by atoms with Crippen molar-refractivity contribution in [1.82, 2.24) is 9.29 Å². The topological polar surface area (TPSA) is 50.3 Å². The number of aromatic nitrogens is 1. The fraction of sp³-hybridized carbons (Fsp3) is 0.438. The monoisotopic (exact) mass is 338 g/mol. The predicted octanol–water partition coefficient (Wildman–Crippen LogP) is 3.54. The van der Waals surface area contributed by atoms with Crippen LogP contribution in [0.25, 0.3) is 0 Å². The van der Waals surface area contributed by atoms with E-state index < -0.39 is 10.0 Å². The summed E-state index contributed by atoms with van der Waals surface area (Å²) in [5, 5.41) is 1.05. The Hall–Kier alpha value is -1.24. The molecule has 0 aliphatic rings. The summed E-state index contributed by atoms with van der Waals surface area (Å²) in [6.07, 6.45) is 0.874. The van der Waals surface area contributed by atoms with Crippen LogP contribution in [0.2, 0.25) is 0 Å². The Labute approximate surface area is 136 Å². The summed E-state index contributed by atoms with van der Waals surface area (Å²) in [4.78, 5) is 5.52. The number of thiazole rings is 1. The van der Waals surface area contributed by atoms with Gasteiger partial charge in [-0.05, 0) is 25.8 Å². The Morgan fingerprint density at radius 3 is 2.45 bits per heavy atom. The van der Waals surface area contributed by atoms with Crippen molar-refractivity contribution in [2.24, 2.45) is 0 Å². The van der Waals surface area contributed by atoms with E-state index >= 15 is 0 Å². The summed E-state index contributed by atoms with van der Waals surface area (Å²) in [5.74, 6) is 0.0210. The highest BCUT2D eigenvalue weighted by Gasteiger charge is 2.27. The number of aryl methyl sites for hydroxylation is 2. The van der Waals surface area contributed by atoms with E-state index in [0.29, 0.717) is 0 Å². The van der Waals surface area contributed by atoms with Gasteiger partial charge in [0.15, 0.2) is 0 Å². The largest absolute Gasteiger partial charge is 0.246 e. The molecule has 0 saturated carbocycles. The molecular formula is C16H22N2O2S2. The molecular weight excluding hydrogens is 316 g/mol. The van der Waals surface area contributed by atoms with Crippen molar-refractivity contribution in [2.75, 3.05) is 7.05 Å². The molecule has 0 aliphatic heterocycles. The number of sulfonamides is 1. The third-order valence-electron chi connectivity index (χ3n) is 3.73. The zero-order valence-corrected chi connectivity index (χ0v) is 15.0. The molecule has 1 aromatic carbocycles. The predicted molar refractivity (Wildman–Crippen MR) is 91.5 cm³/mol. The van der Waals surface area contributed by atoms with E-state index in [1.807, 2.05) is 44.2 Å². The molecule has 1 atom stereocenters. The molecule has 4 nitrogen and oxygen atoms in total. The van der Waals surface area contributed by atoms with E-state index in [1.165, 1.54) is 4.31 Å². The molecule has 0 saturated heterocycles. The SMILES string of the molecule is CCc1nc(C)c([C@@H](C)N(C)S(=O)(=O)Cc2ccccc2)s1. The molecule has 0 radical (unpaired) electrons. The van der Waals surface area contributed by atoms with Gasteiger partial charge in [-0.25, -0.2) is 13.4 Å². The van der Waals surface area contributed by atoms with Crippen LogP contribution in [0.3, 0.4) is 0 Å². The van der Waals surface area contributed by atoms with Crippen molar-refractivity contribution in [2.45, 2.75) is 39.0 Å². The molecule has 2 aromatic rings. The summed E-state index contributed by atoms with van der Waals surface area (Å²) in [7, 11) is -1.72. The maximum atomic E-state index is 12.6. The van der Waals surface area contributed by atoms with Gasteiger partial charge in [-0.2, -0.15) is 4.31 Å². The molecule has 1 aromatic heterocycles. The second-order valence-electron chi connectivity index (χ2n) is 5.34. The highest BCUT2D eigenvalue weighted by atomic mass is 32.2. The molecule has 22 heavy (non-hydrogen) atoms. The number of rotatable bonds is 6. The average Bonchev–Trinajstić information content (AvgIpc) is 2.87. The lowest BCUT2D eigenvalue weighted by Crippen LogP contribution is -2.30. The van der Waals surface area contributed by atoms with Crippen molar-refractivity contribution in [3.63, 3.8) is 0 Å². The van der Waals surface area contributed by atoms with Crippen LogP contribution in [0.5, 0.6) is 0 Å². The molecule has 6 heteroatoms. The van der Waals surface area contributed by atoms with Crippen LogP contribution in [0.4, 0.5) is 0 Å².